The number of hydrogen-bond acceptors (Lipinski definition) is 6. The summed E-state index contributed by atoms with van der Waals surface area (Å²) in [7, 11) is 3.72. The Bertz CT molecular complexity index is 1070. The Morgan fingerprint density at radius 1 is 1.34 bits per heavy atom. The molecule has 1 aliphatic heterocycles. The lowest BCUT2D eigenvalue weighted by Crippen LogP contribution is -2.37. The quantitative estimate of drug-likeness (QED) is 0.679. The smallest absolute Gasteiger partial charge is 0.263 e. The molecular weight excluding hydrogens is 370 g/mol. The summed E-state index contributed by atoms with van der Waals surface area (Å²) in [5.74, 6) is 1.60. The Morgan fingerprint density at radius 3 is 2.72 bits per heavy atom. The number of nitrogens with zero attached hydrogens (tertiary/aromatic N) is 5. The molecule has 0 aliphatic carbocycles. The molecule has 0 atom stereocenters. The van der Waals surface area contributed by atoms with Gasteiger partial charge in [0, 0.05) is 51.6 Å². The number of pyridine rings is 1. The number of rotatable bonds is 5. The third-order valence-corrected chi connectivity index (χ3v) is 5.62. The second-order valence-corrected chi connectivity index (χ2v) is 8.19. The highest BCUT2D eigenvalue weighted by Crippen LogP contribution is 2.30. The summed E-state index contributed by atoms with van der Waals surface area (Å²) in [6, 6.07) is 2.07. The molecule has 4 rings (SSSR count). The van der Waals surface area contributed by atoms with Gasteiger partial charge in [-0.25, -0.2) is 0 Å². The molecule has 0 unspecified atom stereocenters. The SMILES string of the molecule is COC1CCN(c2cc(-c3cn(CC(C)C)c(=O)c4c(N)n[nH]c34)nn2C)CC1. The number of piperidine rings is 1. The molecule has 3 aromatic heterocycles. The lowest BCUT2D eigenvalue weighted by atomic mass is 10.1. The standard InChI is InChI=1S/C20H29N7O2/c1-12(2)10-27-11-14(18-17(20(27)28)19(21)23-22-18)15-9-16(25(3)24-15)26-7-5-13(29-4)6-8-26/h9,11-13H,5-8,10H2,1-4H3,(H3,21,22,23). The third kappa shape index (κ3) is 3.50. The molecule has 9 heteroatoms. The zero-order valence-corrected chi connectivity index (χ0v) is 17.5. The van der Waals surface area contributed by atoms with Crippen molar-refractivity contribution in [1.82, 2.24) is 24.5 Å². The monoisotopic (exact) mass is 399 g/mol. The highest BCUT2D eigenvalue weighted by atomic mass is 16.5. The van der Waals surface area contributed by atoms with Crippen molar-refractivity contribution < 1.29 is 4.74 Å². The Balaban J connectivity index is 1.77. The van der Waals surface area contributed by atoms with Crippen molar-refractivity contribution in [2.24, 2.45) is 13.0 Å². The largest absolute Gasteiger partial charge is 0.382 e. The number of H-pyrrole nitrogens is 1. The Hall–Kier alpha value is -2.81. The van der Waals surface area contributed by atoms with Crippen molar-refractivity contribution in [2.45, 2.75) is 39.3 Å². The normalized spacial score (nSPS) is 15.7. The van der Waals surface area contributed by atoms with E-state index in [-0.39, 0.29) is 11.4 Å². The molecule has 0 aromatic carbocycles. The Morgan fingerprint density at radius 2 is 2.07 bits per heavy atom. The van der Waals surface area contributed by atoms with Crippen molar-refractivity contribution in [3.8, 4) is 11.3 Å². The number of aryl methyl sites for hydroxylation is 1. The van der Waals surface area contributed by atoms with Gasteiger partial charge in [0.15, 0.2) is 5.82 Å². The number of hydrogen-bond donors (Lipinski definition) is 2. The maximum atomic E-state index is 12.9. The van der Waals surface area contributed by atoms with Crippen LogP contribution >= 0.6 is 0 Å². The fourth-order valence-corrected chi connectivity index (χ4v) is 4.12. The van der Waals surface area contributed by atoms with Gasteiger partial charge in [-0.1, -0.05) is 13.8 Å². The first-order valence-corrected chi connectivity index (χ1v) is 10.1. The zero-order valence-electron chi connectivity index (χ0n) is 17.5. The third-order valence-electron chi connectivity index (χ3n) is 5.62. The number of fused-ring (bicyclic) bond motifs is 1. The van der Waals surface area contributed by atoms with E-state index in [0.717, 1.165) is 43.0 Å². The van der Waals surface area contributed by atoms with Crippen molar-refractivity contribution in [3.05, 3.63) is 22.6 Å². The van der Waals surface area contributed by atoms with Crippen LogP contribution in [0.15, 0.2) is 17.1 Å². The molecule has 3 N–H and O–H groups in total. The number of aromatic nitrogens is 5. The van der Waals surface area contributed by atoms with E-state index in [1.807, 2.05) is 17.9 Å². The van der Waals surface area contributed by atoms with E-state index in [4.69, 9.17) is 15.6 Å². The van der Waals surface area contributed by atoms with E-state index < -0.39 is 0 Å². The van der Waals surface area contributed by atoms with Gasteiger partial charge in [0.25, 0.3) is 5.56 Å². The number of methoxy groups -OCH3 is 1. The summed E-state index contributed by atoms with van der Waals surface area (Å²) >= 11 is 0. The highest BCUT2D eigenvalue weighted by molar-refractivity contribution is 5.97. The molecule has 1 fully saturated rings. The lowest BCUT2D eigenvalue weighted by Gasteiger charge is -2.32. The molecule has 0 bridgehead atoms. The van der Waals surface area contributed by atoms with Crippen LogP contribution in [0.25, 0.3) is 22.2 Å². The lowest BCUT2D eigenvalue weighted by molar-refractivity contribution is 0.0817. The summed E-state index contributed by atoms with van der Waals surface area (Å²) in [6.45, 7) is 6.62. The van der Waals surface area contributed by atoms with Crippen molar-refractivity contribution in [2.75, 3.05) is 30.8 Å². The van der Waals surface area contributed by atoms with Gasteiger partial charge in [-0.2, -0.15) is 10.2 Å². The molecule has 1 saturated heterocycles. The van der Waals surface area contributed by atoms with Gasteiger partial charge in [-0.15, -0.1) is 0 Å². The predicted octanol–water partition coefficient (Wildman–Crippen LogP) is 1.98. The number of nitrogen functional groups attached to an aromatic ring is 1. The van der Waals surface area contributed by atoms with E-state index in [0.29, 0.717) is 29.5 Å². The summed E-state index contributed by atoms with van der Waals surface area (Å²) in [4.78, 5) is 15.2. The zero-order chi connectivity index (χ0) is 20.7. The van der Waals surface area contributed by atoms with Crippen LogP contribution in [0.2, 0.25) is 0 Å². The molecule has 9 nitrogen and oxygen atoms in total. The topological polar surface area (TPSA) is 107 Å². The van der Waals surface area contributed by atoms with Gasteiger partial charge in [0.2, 0.25) is 0 Å². The summed E-state index contributed by atoms with van der Waals surface area (Å²) in [6.07, 6.45) is 4.19. The summed E-state index contributed by atoms with van der Waals surface area (Å²) < 4.78 is 9.09. The van der Waals surface area contributed by atoms with E-state index in [2.05, 4.69) is 35.0 Å². The Kier molecular flexibility index (Phi) is 5.08. The van der Waals surface area contributed by atoms with E-state index in [1.165, 1.54) is 0 Å². The summed E-state index contributed by atoms with van der Waals surface area (Å²) in [5.41, 5.74) is 8.14. The fourth-order valence-electron chi connectivity index (χ4n) is 4.12. The minimum absolute atomic E-state index is 0.124. The van der Waals surface area contributed by atoms with E-state index in [9.17, 15) is 4.79 Å². The molecule has 4 heterocycles. The molecule has 0 spiro atoms. The first-order valence-electron chi connectivity index (χ1n) is 10.1. The van der Waals surface area contributed by atoms with Crippen LogP contribution in [0.5, 0.6) is 0 Å². The average molecular weight is 399 g/mol. The number of anilines is 2. The number of nitrogens with one attached hydrogen (secondary N) is 1. The van der Waals surface area contributed by atoms with Gasteiger partial charge in [-0.05, 0) is 18.8 Å². The van der Waals surface area contributed by atoms with Gasteiger partial charge in [0.05, 0.1) is 17.3 Å². The minimum atomic E-state index is -0.124. The molecule has 0 saturated carbocycles. The van der Waals surface area contributed by atoms with E-state index >= 15 is 0 Å². The van der Waals surface area contributed by atoms with Gasteiger partial charge >= 0.3 is 0 Å². The minimum Gasteiger partial charge on any atom is -0.382 e. The van der Waals surface area contributed by atoms with Crippen LogP contribution in [-0.2, 0) is 18.3 Å². The second kappa shape index (κ2) is 7.55. The first kappa shape index (κ1) is 19.5. The number of nitrogens with two attached hydrogens (primary N) is 1. The molecule has 3 aromatic rings. The fraction of sp³-hybridized carbons (Fsp3) is 0.550. The second-order valence-electron chi connectivity index (χ2n) is 8.19. The molecule has 156 valence electrons. The van der Waals surface area contributed by atoms with Crippen molar-refractivity contribution in [1.29, 1.82) is 0 Å². The van der Waals surface area contributed by atoms with Gasteiger partial charge < -0.3 is 19.9 Å². The van der Waals surface area contributed by atoms with Gasteiger partial charge in [0.1, 0.15) is 11.2 Å². The van der Waals surface area contributed by atoms with Crippen LogP contribution in [0.3, 0.4) is 0 Å². The molecular formula is C20H29N7O2. The highest BCUT2D eigenvalue weighted by Gasteiger charge is 2.23. The molecule has 1 aliphatic rings. The van der Waals surface area contributed by atoms with Gasteiger partial charge in [-0.3, -0.25) is 14.6 Å². The van der Waals surface area contributed by atoms with Crippen molar-refractivity contribution >= 4 is 22.5 Å². The van der Waals surface area contributed by atoms with Crippen LogP contribution in [0.1, 0.15) is 26.7 Å². The number of aromatic amines is 1. The van der Waals surface area contributed by atoms with Crippen LogP contribution in [0, 0.1) is 5.92 Å². The van der Waals surface area contributed by atoms with Crippen LogP contribution in [-0.4, -0.2) is 50.8 Å². The maximum absolute atomic E-state index is 12.9. The van der Waals surface area contributed by atoms with E-state index in [1.54, 1.807) is 11.7 Å². The molecule has 0 amide bonds. The van der Waals surface area contributed by atoms with Crippen LogP contribution < -0.4 is 16.2 Å². The molecule has 0 radical (unpaired) electrons. The molecule has 29 heavy (non-hydrogen) atoms. The van der Waals surface area contributed by atoms with Crippen molar-refractivity contribution in [3.63, 3.8) is 0 Å². The average Bonchev–Trinajstić information content (AvgIpc) is 3.27. The first-order chi connectivity index (χ1) is 13.9. The number of ether oxygens (including phenoxy) is 1. The predicted molar refractivity (Wildman–Crippen MR) is 114 cm³/mol. The van der Waals surface area contributed by atoms with Crippen LogP contribution in [0.4, 0.5) is 11.6 Å². The summed E-state index contributed by atoms with van der Waals surface area (Å²) in [5, 5.41) is 12.2. The maximum Gasteiger partial charge on any atom is 0.263 e. The Labute approximate surface area is 169 Å².